The zero-order chi connectivity index (χ0) is 13.6. The minimum atomic E-state index is 0.317. The molecular weight excluding hydrogens is 236 g/mol. The number of hydrogen-bond acceptors (Lipinski definition) is 3. The van der Waals surface area contributed by atoms with Gasteiger partial charge in [-0.15, -0.1) is 0 Å². The molecule has 0 aliphatic heterocycles. The Morgan fingerprint density at radius 3 is 2.74 bits per heavy atom. The van der Waals surface area contributed by atoms with Gasteiger partial charge >= 0.3 is 0 Å². The lowest BCUT2D eigenvalue weighted by molar-refractivity contribution is 0.438. The summed E-state index contributed by atoms with van der Waals surface area (Å²) in [5, 5.41) is 8.20. The van der Waals surface area contributed by atoms with Gasteiger partial charge in [-0.3, -0.25) is 0 Å². The van der Waals surface area contributed by atoms with Gasteiger partial charge < -0.3 is 5.32 Å². The number of hydrogen-bond donors (Lipinski definition) is 1. The van der Waals surface area contributed by atoms with Crippen LogP contribution >= 0.6 is 0 Å². The first-order chi connectivity index (χ1) is 9.06. The molecule has 102 valence electrons. The van der Waals surface area contributed by atoms with E-state index in [2.05, 4.69) is 36.2 Å². The lowest BCUT2D eigenvalue weighted by Gasteiger charge is -2.21. The average molecular weight is 258 g/mol. The highest BCUT2D eigenvalue weighted by Crippen LogP contribution is 2.33. The molecular formula is C15H22N4. The molecule has 4 heteroatoms. The van der Waals surface area contributed by atoms with Gasteiger partial charge in [0.25, 0.3) is 0 Å². The van der Waals surface area contributed by atoms with Crippen LogP contribution in [0.15, 0.2) is 12.3 Å². The van der Waals surface area contributed by atoms with E-state index in [1.807, 2.05) is 23.7 Å². The summed E-state index contributed by atoms with van der Waals surface area (Å²) in [4.78, 5) is 4.51. The first-order valence-electron chi connectivity index (χ1n) is 7.14. The summed E-state index contributed by atoms with van der Waals surface area (Å²) in [6.07, 6.45) is 4.73. The Hall–Kier alpha value is -1.42. The minimum Gasteiger partial charge on any atom is -0.307 e. The average Bonchev–Trinajstić information content (AvgIpc) is 3.12. The molecule has 1 N–H and O–H groups in total. The molecule has 0 bridgehead atoms. The normalized spacial score (nSPS) is 18.7. The molecule has 0 spiro atoms. The Morgan fingerprint density at radius 2 is 2.05 bits per heavy atom. The van der Waals surface area contributed by atoms with Crippen molar-refractivity contribution in [1.82, 2.24) is 19.9 Å². The Labute approximate surface area is 114 Å². The van der Waals surface area contributed by atoms with E-state index in [1.54, 1.807) is 0 Å². The van der Waals surface area contributed by atoms with Gasteiger partial charge in [-0.25, -0.2) is 9.50 Å². The predicted octanol–water partition coefficient (Wildman–Crippen LogP) is 2.80. The fourth-order valence-electron chi connectivity index (χ4n) is 2.82. The predicted molar refractivity (Wildman–Crippen MR) is 76.2 cm³/mol. The monoisotopic (exact) mass is 258 g/mol. The van der Waals surface area contributed by atoms with Crippen LogP contribution in [0.4, 0.5) is 0 Å². The first kappa shape index (κ1) is 12.6. The van der Waals surface area contributed by atoms with Crippen LogP contribution < -0.4 is 5.32 Å². The van der Waals surface area contributed by atoms with Gasteiger partial charge in [-0.05, 0) is 46.5 Å². The van der Waals surface area contributed by atoms with Gasteiger partial charge in [-0.2, -0.15) is 5.10 Å². The highest BCUT2D eigenvalue weighted by molar-refractivity contribution is 5.42. The molecule has 2 heterocycles. The second-order valence-electron chi connectivity index (χ2n) is 5.87. The molecule has 2 aromatic heterocycles. The number of aryl methyl sites for hydroxylation is 2. The molecule has 0 amide bonds. The Bertz CT molecular complexity index is 597. The molecule has 1 saturated carbocycles. The van der Waals surface area contributed by atoms with Gasteiger partial charge in [-0.1, -0.05) is 0 Å². The summed E-state index contributed by atoms with van der Waals surface area (Å²) in [5.74, 6) is 0.867. The third-order valence-electron chi connectivity index (χ3n) is 4.19. The largest absolute Gasteiger partial charge is 0.307 e. The Balaban J connectivity index is 1.88. The van der Waals surface area contributed by atoms with Gasteiger partial charge in [0.2, 0.25) is 0 Å². The molecule has 19 heavy (non-hydrogen) atoms. The van der Waals surface area contributed by atoms with E-state index in [0.717, 1.165) is 17.3 Å². The summed E-state index contributed by atoms with van der Waals surface area (Å²) in [6, 6.07) is 2.92. The van der Waals surface area contributed by atoms with Crippen molar-refractivity contribution in [2.45, 2.75) is 52.6 Å². The maximum Gasteiger partial charge on any atom is 0.155 e. The third-order valence-corrected chi connectivity index (χ3v) is 4.19. The van der Waals surface area contributed by atoms with Crippen molar-refractivity contribution in [3.05, 3.63) is 29.2 Å². The second-order valence-corrected chi connectivity index (χ2v) is 5.87. The van der Waals surface area contributed by atoms with Crippen LogP contribution in [0.1, 0.15) is 49.7 Å². The summed E-state index contributed by atoms with van der Waals surface area (Å²) in [7, 11) is 0. The van der Waals surface area contributed by atoms with Crippen LogP contribution in [0.3, 0.4) is 0 Å². The van der Waals surface area contributed by atoms with E-state index in [-0.39, 0.29) is 0 Å². The summed E-state index contributed by atoms with van der Waals surface area (Å²) >= 11 is 0. The molecule has 4 nitrogen and oxygen atoms in total. The van der Waals surface area contributed by atoms with Gasteiger partial charge in [0, 0.05) is 35.6 Å². The van der Waals surface area contributed by atoms with Crippen molar-refractivity contribution in [3.63, 3.8) is 0 Å². The lowest BCUT2D eigenvalue weighted by atomic mass is 10.1. The number of nitrogens with one attached hydrogen (secondary N) is 1. The Morgan fingerprint density at radius 1 is 1.32 bits per heavy atom. The molecule has 0 aromatic carbocycles. The fourth-order valence-corrected chi connectivity index (χ4v) is 2.82. The fraction of sp³-hybridized carbons (Fsp3) is 0.600. The molecule has 3 rings (SSSR count). The number of aromatic nitrogens is 3. The van der Waals surface area contributed by atoms with Crippen LogP contribution in [0.25, 0.3) is 5.65 Å². The minimum absolute atomic E-state index is 0.317. The van der Waals surface area contributed by atoms with Crippen molar-refractivity contribution in [2.75, 3.05) is 0 Å². The molecule has 2 unspecified atom stereocenters. The van der Waals surface area contributed by atoms with Gasteiger partial charge in [0.1, 0.15) is 0 Å². The van der Waals surface area contributed by atoms with E-state index in [4.69, 9.17) is 0 Å². The molecule has 1 aliphatic carbocycles. The van der Waals surface area contributed by atoms with E-state index >= 15 is 0 Å². The van der Waals surface area contributed by atoms with Crippen LogP contribution in [0.5, 0.6) is 0 Å². The highest BCUT2D eigenvalue weighted by Gasteiger charge is 2.29. The Kier molecular flexibility index (Phi) is 3.05. The standard InChI is InChI=1S/C15H22N4/c1-9-7-15-16-8-14(12(4)19(15)18-9)11(3)17-10(2)13-5-6-13/h7-8,10-11,13,17H,5-6H2,1-4H3. The summed E-state index contributed by atoms with van der Waals surface area (Å²) < 4.78 is 1.95. The van der Waals surface area contributed by atoms with Crippen molar-refractivity contribution in [3.8, 4) is 0 Å². The van der Waals surface area contributed by atoms with Gasteiger partial charge in [0.15, 0.2) is 5.65 Å². The van der Waals surface area contributed by atoms with Crippen molar-refractivity contribution in [2.24, 2.45) is 5.92 Å². The van der Waals surface area contributed by atoms with Crippen molar-refractivity contribution < 1.29 is 0 Å². The lowest BCUT2D eigenvalue weighted by Crippen LogP contribution is -2.31. The van der Waals surface area contributed by atoms with Crippen molar-refractivity contribution >= 4 is 5.65 Å². The number of fused-ring (bicyclic) bond motifs is 1. The van der Waals surface area contributed by atoms with Crippen LogP contribution in [0, 0.1) is 19.8 Å². The smallest absolute Gasteiger partial charge is 0.155 e. The number of nitrogens with zero attached hydrogens (tertiary/aromatic N) is 3. The van der Waals surface area contributed by atoms with Crippen molar-refractivity contribution in [1.29, 1.82) is 0 Å². The summed E-state index contributed by atoms with van der Waals surface area (Å²) in [5.41, 5.74) is 4.37. The maximum absolute atomic E-state index is 4.51. The van der Waals surface area contributed by atoms with Gasteiger partial charge in [0.05, 0.1) is 5.69 Å². The van der Waals surface area contributed by atoms with E-state index in [1.165, 1.54) is 24.1 Å². The SMILES string of the molecule is Cc1cc2ncc(C(C)NC(C)C3CC3)c(C)n2n1. The second kappa shape index (κ2) is 4.60. The molecule has 0 radical (unpaired) electrons. The van der Waals surface area contributed by atoms with Crippen LogP contribution in [-0.2, 0) is 0 Å². The maximum atomic E-state index is 4.51. The zero-order valence-corrected chi connectivity index (χ0v) is 12.1. The first-order valence-corrected chi connectivity index (χ1v) is 7.14. The van der Waals surface area contributed by atoms with E-state index in [0.29, 0.717) is 12.1 Å². The number of rotatable bonds is 4. The molecule has 2 atom stereocenters. The van der Waals surface area contributed by atoms with Crippen LogP contribution in [0.2, 0.25) is 0 Å². The highest BCUT2D eigenvalue weighted by atomic mass is 15.3. The summed E-state index contributed by atoms with van der Waals surface area (Å²) in [6.45, 7) is 8.62. The van der Waals surface area contributed by atoms with E-state index < -0.39 is 0 Å². The molecule has 1 aliphatic rings. The topological polar surface area (TPSA) is 42.2 Å². The molecule has 2 aromatic rings. The molecule has 0 saturated heterocycles. The third kappa shape index (κ3) is 2.37. The quantitative estimate of drug-likeness (QED) is 0.917. The van der Waals surface area contributed by atoms with Crippen LogP contribution in [-0.4, -0.2) is 20.6 Å². The van der Waals surface area contributed by atoms with E-state index in [9.17, 15) is 0 Å². The molecule has 1 fully saturated rings. The zero-order valence-electron chi connectivity index (χ0n) is 12.1.